The van der Waals surface area contributed by atoms with Crippen LogP contribution in [0.1, 0.15) is 18.4 Å². The lowest BCUT2D eigenvalue weighted by molar-refractivity contribution is -0.137. The van der Waals surface area contributed by atoms with Crippen LogP contribution in [-0.4, -0.2) is 22.2 Å². The van der Waals surface area contributed by atoms with Gasteiger partial charge in [-0.2, -0.15) is 0 Å². The molecule has 1 unspecified atom stereocenters. The molecule has 0 saturated heterocycles. The van der Waals surface area contributed by atoms with Crippen molar-refractivity contribution >= 4 is 5.97 Å². The lowest BCUT2D eigenvalue weighted by Gasteiger charge is -2.10. The van der Waals surface area contributed by atoms with Gasteiger partial charge >= 0.3 is 5.97 Å². The lowest BCUT2D eigenvalue weighted by Crippen LogP contribution is -2.23. The Bertz CT molecular complexity index is 381. The third kappa shape index (κ3) is 3.86. The van der Waals surface area contributed by atoms with Gasteiger partial charge in [0.1, 0.15) is 0 Å². The number of phenols is 1. The standard InChI is InChI=1S/C11H14FNO3/c12-9-6-7(1-3-10(9)14)5-8(13)2-4-11(15)16/h1,3,6,8,14H,2,4-5,13H2,(H,15,16). The van der Waals surface area contributed by atoms with Gasteiger partial charge in [0.15, 0.2) is 11.6 Å². The number of phenolic OH excluding ortho intramolecular Hbond substituents is 1. The zero-order chi connectivity index (χ0) is 12.1. The first kappa shape index (κ1) is 12.4. The average Bonchev–Trinajstić information content (AvgIpc) is 2.21. The summed E-state index contributed by atoms with van der Waals surface area (Å²) in [6.45, 7) is 0. The fourth-order valence-corrected chi connectivity index (χ4v) is 1.39. The number of carbonyl (C=O) groups is 1. The number of hydrogen-bond acceptors (Lipinski definition) is 3. The average molecular weight is 227 g/mol. The molecule has 0 heterocycles. The van der Waals surface area contributed by atoms with Crippen LogP contribution in [0.5, 0.6) is 5.75 Å². The van der Waals surface area contributed by atoms with Crippen molar-refractivity contribution in [3.8, 4) is 5.75 Å². The first-order valence-corrected chi connectivity index (χ1v) is 4.94. The second-order valence-corrected chi connectivity index (χ2v) is 3.68. The first-order valence-electron chi connectivity index (χ1n) is 4.94. The van der Waals surface area contributed by atoms with Crippen molar-refractivity contribution < 1.29 is 19.4 Å². The third-order valence-corrected chi connectivity index (χ3v) is 2.24. The van der Waals surface area contributed by atoms with E-state index in [0.717, 1.165) is 0 Å². The van der Waals surface area contributed by atoms with E-state index in [2.05, 4.69) is 0 Å². The van der Waals surface area contributed by atoms with E-state index in [4.69, 9.17) is 15.9 Å². The van der Waals surface area contributed by atoms with Gasteiger partial charge in [0.05, 0.1) is 0 Å². The Balaban J connectivity index is 2.52. The third-order valence-electron chi connectivity index (χ3n) is 2.24. The molecule has 16 heavy (non-hydrogen) atoms. The van der Waals surface area contributed by atoms with Gasteiger partial charge in [-0.1, -0.05) is 6.07 Å². The Kier molecular flexibility index (Phi) is 4.25. The number of carboxylic acids is 1. The number of rotatable bonds is 5. The topological polar surface area (TPSA) is 83.6 Å². The van der Waals surface area contributed by atoms with Gasteiger partial charge < -0.3 is 15.9 Å². The maximum Gasteiger partial charge on any atom is 0.303 e. The molecule has 1 atom stereocenters. The van der Waals surface area contributed by atoms with Crippen molar-refractivity contribution in [1.82, 2.24) is 0 Å². The molecule has 0 aromatic heterocycles. The quantitative estimate of drug-likeness (QED) is 0.707. The molecular weight excluding hydrogens is 213 g/mol. The monoisotopic (exact) mass is 227 g/mol. The van der Waals surface area contributed by atoms with Gasteiger partial charge in [-0.05, 0) is 30.5 Å². The minimum Gasteiger partial charge on any atom is -0.505 e. The van der Waals surface area contributed by atoms with Crippen LogP contribution in [0.15, 0.2) is 18.2 Å². The van der Waals surface area contributed by atoms with Gasteiger partial charge in [-0.3, -0.25) is 4.79 Å². The number of nitrogens with two attached hydrogens (primary N) is 1. The number of hydrogen-bond donors (Lipinski definition) is 3. The fourth-order valence-electron chi connectivity index (χ4n) is 1.39. The summed E-state index contributed by atoms with van der Waals surface area (Å²) in [4.78, 5) is 10.3. The van der Waals surface area contributed by atoms with E-state index in [0.29, 0.717) is 18.4 Å². The minimum absolute atomic E-state index is 0.00172. The summed E-state index contributed by atoms with van der Waals surface area (Å²) in [6.07, 6.45) is 0.740. The molecule has 0 radical (unpaired) electrons. The maximum absolute atomic E-state index is 13.0. The summed E-state index contributed by atoms with van der Waals surface area (Å²) >= 11 is 0. The minimum atomic E-state index is -0.896. The molecule has 0 amide bonds. The molecule has 0 spiro atoms. The number of aromatic hydroxyl groups is 1. The summed E-state index contributed by atoms with van der Waals surface area (Å²) < 4.78 is 13.0. The number of benzene rings is 1. The van der Waals surface area contributed by atoms with Crippen molar-refractivity contribution in [3.63, 3.8) is 0 Å². The van der Waals surface area contributed by atoms with E-state index >= 15 is 0 Å². The summed E-state index contributed by atoms with van der Waals surface area (Å²) in [5.74, 6) is -1.99. The Labute approximate surface area is 92.5 Å². The highest BCUT2D eigenvalue weighted by Crippen LogP contribution is 2.17. The predicted octanol–water partition coefficient (Wildman–Crippen LogP) is 1.27. The van der Waals surface area contributed by atoms with Crippen molar-refractivity contribution in [2.75, 3.05) is 0 Å². The SMILES string of the molecule is NC(CCC(=O)O)Cc1ccc(O)c(F)c1. The molecule has 0 aliphatic rings. The number of aliphatic carboxylic acids is 1. The van der Waals surface area contributed by atoms with E-state index < -0.39 is 17.5 Å². The number of halogens is 1. The summed E-state index contributed by atoms with van der Waals surface area (Å²) in [5.41, 5.74) is 6.34. The van der Waals surface area contributed by atoms with E-state index in [1.54, 1.807) is 6.07 Å². The lowest BCUT2D eigenvalue weighted by atomic mass is 10.0. The molecule has 0 aliphatic heterocycles. The maximum atomic E-state index is 13.0. The van der Waals surface area contributed by atoms with Crippen LogP contribution in [0.25, 0.3) is 0 Å². The van der Waals surface area contributed by atoms with Crippen molar-refractivity contribution in [2.45, 2.75) is 25.3 Å². The smallest absolute Gasteiger partial charge is 0.303 e. The molecule has 1 rings (SSSR count). The first-order chi connectivity index (χ1) is 7.49. The largest absolute Gasteiger partial charge is 0.505 e. The predicted molar refractivity (Wildman–Crippen MR) is 56.6 cm³/mol. The molecule has 4 N–H and O–H groups in total. The van der Waals surface area contributed by atoms with Crippen LogP contribution in [0, 0.1) is 5.82 Å². The van der Waals surface area contributed by atoms with Crippen LogP contribution in [0.2, 0.25) is 0 Å². The van der Waals surface area contributed by atoms with Gasteiger partial charge in [0, 0.05) is 12.5 Å². The molecule has 88 valence electrons. The van der Waals surface area contributed by atoms with Crippen LogP contribution >= 0.6 is 0 Å². The summed E-state index contributed by atoms with van der Waals surface area (Å²) in [6, 6.07) is 3.71. The van der Waals surface area contributed by atoms with E-state index in [-0.39, 0.29) is 12.5 Å². The molecule has 1 aromatic rings. The van der Waals surface area contributed by atoms with Crippen molar-refractivity contribution in [3.05, 3.63) is 29.6 Å². The Morgan fingerprint density at radius 1 is 1.50 bits per heavy atom. The highest BCUT2D eigenvalue weighted by Gasteiger charge is 2.08. The zero-order valence-electron chi connectivity index (χ0n) is 8.69. The fraction of sp³-hybridized carbons (Fsp3) is 0.364. The van der Waals surface area contributed by atoms with Gasteiger partial charge in [-0.25, -0.2) is 4.39 Å². The normalized spacial score (nSPS) is 12.4. The van der Waals surface area contributed by atoms with Crippen LogP contribution in [-0.2, 0) is 11.2 Å². The summed E-state index contributed by atoms with van der Waals surface area (Å²) in [5, 5.41) is 17.4. The molecule has 1 aromatic carbocycles. The van der Waals surface area contributed by atoms with E-state index in [1.165, 1.54) is 12.1 Å². The molecule has 0 fully saturated rings. The molecular formula is C11H14FNO3. The molecule has 0 saturated carbocycles. The molecule has 5 heteroatoms. The van der Waals surface area contributed by atoms with E-state index in [1.807, 2.05) is 0 Å². The number of carboxylic acid groups (broad SMARTS) is 1. The highest BCUT2D eigenvalue weighted by molar-refractivity contribution is 5.66. The summed E-state index contributed by atoms with van der Waals surface area (Å²) in [7, 11) is 0. The van der Waals surface area contributed by atoms with Gasteiger partial charge in [0.25, 0.3) is 0 Å². The Morgan fingerprint density at radius 3 is 2.75 bits per heavy atom. The van der Waals surface area contributed by atoms with Crippen LogP contribution in [0.3, 0.4) is 0 Å². The second kappa shape index (κ2) is 5.46. The zero-order valence-corrected chi connectivity index (χ0v) is 8.69. The second-order valence-electron chi connectivity index (χ2n) is 3.68. The van der Waals surface area contributed by atoms with Crippen LogP contribution in [0.4, 0.5) is 4.39 Å². The molecule has 0 bridgehead atoms. The molecule has 0 aliphatic carbocycles. The van der Waals surface area contributed by atoms with Crippen molar-refractivity contribution in [2.24, 2.45) is 5.73 Å². The Hall–Kier alpha value is -1.62. The molecule has 4 nitrogen and oxygen atoms in total. The Morgan fingerprint density at radius 2 is 2.19 bits per heavy atom. The van der Waals surface area contributed by atoms with Crippen LogP contribution < -0.4 is 5.73 Å². The van der Waals surface area contributed by atoms with Crippen molar-refractivity contribution in [1.29, 1.82) is 0 Å². The van der Waals surface area contributed by atoms with Gasteiger partial charge in [0.2, 0.25) is 0 Å². The van der Waals surface area contributed by atoms with E-state index in [9.17, 15) is 9.18 Å². The van der Waals surface area contributed by atoms with Gasteiger partial charge in [-0.15, -0.1) is 0 Å². The highest BCUT2D eigenvalue weighted by atomic mass is 19.1.